The van der Waals surface area contributed by atoms with Gasteiger partial charge in [0.1, 0.15) is 102 Å². The molecule has 3 aromatic carbocycles. The van der Waals surface area contributed by atoms with Gasteiger partial charge in [0, 0.05) is 93.0 Å². The first-order chi connectivity index (χ1) is 69.7. The first kappa shape index (κ1) is 120. The minimum atomic E-state index is -2.09. The molecule has 147 heavy (non-hydrogen) atoms. The number of phenols is 2. The summed E-state index contributed by atoms with van der Waals surface area (Å²) in [7, 11) is 0. The van der Waals surface area contributed by atoms with Crippen molar-refractivity contribution in [3.05, 3.63) is 132 Å². The number of imidazole rings is 2. The van der Waals surface area contributed by atoms with Crippen molar-refractivity contribution in [1.82, 2.24) is 121 Å². The van der Waals surface area contributed by atoms with E-state index in [1.54, 1.807) is 36.8 Å². The van der Waals surface area contributed by atoms with Gasteiger partial charge in [0.15, 0.2) is 11.9 Å². The van der Waals surface area contributed by atoms with Gasteiger partial charge in [-0.15, -0.1) is 0 Å². The van der Waals surface area contributed by atoms with Crippen molar-refractivity contribution < 1.29 is 122 Å². The van der Waals surface area contributed by atoms with E-state index >= 15 is 14.4 Å². The van der Waals surface area contributed by atoms with Gasteiger partial charge < -0.3 is 164 Å². The Morgan fingerprint density at radius 1 is 0.401 bits per heavy atom. The molecule has 54 nitrogen and oxygen atoms in total. The number of amides is 18. The Kier molecular flexibility index (Phi) is 49.6. The minimum absolute atomic E-state index is 0.0229. The highest BCUT2D eigenvalue weighted by atomic mass is 32.2. The highest BCUT2D eigenvalue weighted by molar-refractivity contribution is 7.98. The standard InChI is InChI=1S/C91H131N29O25S2/c1-44(2)72(118-84(140)65(106-47(5)124)34-52-39-99-43-105-52)87(143)116-66(35-69(92)127)85(141)120-73(45(3)122)88(144)115-63(31-49-18-22-54(126)23-19-49)82(138)110-60(25-29-147-7)79(135)113-64(32-50-37-102-56-13-9-8-12-55(50)56)83(139)114-67(36-71(129)130)76(132)103-40-70(128)107-57(14-10-26-100-90(94)95)77(133)112-62(30-48-16-20-53(125)21-17-48)81(137)109-59(24-28-146-6)78(134)108-58(15-11-27-101-91(96)97)80(136)119-74(46(4)123)89(145)117-68(41-121)86(142)111-61(75(93)131)33-51-38-98-42-104-51/h8-9,12-13,16-23,37-39,42-46,57-68,72-74,102,121-123,125-126H,10-11,14-15,24-36,40-41H2,1-7H3,(H2,92,127)(H2,93,131)(H,98,104)(H,99,105)(H,103,132)(H,106,124)(H,107,128)(H,108,134)(H,109,137)(H,110,138)(H,111,142)(H,112,133)(H,113,135)(H,114,139)(H,115,144)(H,116,143)(H,117,145)(H,118,140)(H,119,136)(H,120,141)(H,129,130)(H4,94,95,100)(H4,96,97,101)/t45-,46-,57+,58+,59+,60+,61+,62+,63+,64+,65+,66+,67+,68+,72+,73+,74+/m1/s1. The largest absolute Gasteiger partial charge is 0.508 e. The molecule has 0 spiro atoms. The van der Waals surface area contributed by atoms with Gasteiger partial charge in [-0.25, -0.2) is 9.97 Å². The molecule has 0 bridgehead atoms. The van der Waals surface area contributed by atoms with Crippen LogP contribution in [0, 0.1) is 16.7 Å². The van der Waals surface area contributed by atoms with Crippen molar-refractivity contribution in [3.8, 4) is 11.5 Å². The molecule has 3 aromatic heterocycles. The lowest BCUT2D eigenvalue weighted by Crippen LogP contribution is -2.63. The molecule has 6 rings (SSSR count). The van der Waals surface area contributed by atoms with Gasteiger partial charge in [0.05, 0.1) is 50.9 Å². The Bertz CT molecular complexity index is 5500. The van der Waals surface area contributed by atoms with Gasteiger partial charge in [0.25, 0.3) is 0 Å². The van der Waals surface area contributed by atoms with Crippen LogP contribution in [0.25, 0.3) is 10.9 Å². The number of nitrogens with one attached hydrogen (secondary N) is 23. The molecular weight excluding hydrogens is 1960 g/mol. The SMILES string of the molecule is CSCC[C@H](NC(=O)[C@H](Cc1ccc(O)cc1)NC(=O)[C@H](CCCNC(=N)N)NC(=O)CNC(=O)[C@H](CC(=O)O)NC(=O)[C@H](Cc1c[nH]c2ccccc12)NC(=O)[C@H](CCSC)NC(=O)[C@H](Cc1ccc(O)cc1)NC(=O)[C@@H](NC(=O)[C@H](CC(N)=O)NC(=O)[C@@H](NC(=O)[C@H](Cc1cnc[nH]1)NC(C)=O)C(C)C)[C@@H](C)O)C(=O)N[C@@H](CCCNC(=N)N)C(=O)N[C@H](C(=O)N[C@@H](CO)C(=O)N[C@@H](Cc1cnc[nH]1)C(N)=O)[C@@H](C)O. The van der Waals surface area contributed by atoms with Crippen LogP contribution in [0.5, 0.6) is 11.5 Å². The molecule has 0 unspecified atom stereocenters. The summed E-state index contributed by atoms with van der Waals surface area (Å²) in [5, 5.41) is 123. The number of primary amides is 2. The zero-order valence-electron chi connectivity index (χ0n) is 81.6. The minimum Gasteiger partial charge on any atom is -0.508 e. The number of hydrogen-bond donors (Lipinski definition) is 33. The molecule has 0 saturated heterocycles. The number of guanidine groups is 2. The number of rotatable bonds is 64. The second kappa shape index (κ2) is 60.8. The van der Waals surface area contributed by atoms with Crippen LogP contribution in [-0.4, -0.2) is 333 Å². The Hall–Kier alpha value is -15.7. The number of fused-ring (bicyclic) bond motifs is 1. The predicted molar refractivity (Wildman–Crippen MR) is 533 cm³/mol. The fraction of sp³-hybridized carbons (Fsp3) is 0.484. The van der Waals surface area contributed by atoms with Gasteiger partial charge in [-0.3, -0.25) is 102 Å². The van der Waals surface area contributed by atoms with Gasteiger partial charge in [-0.1, -0.05) is 56.3 Å². The molecule has 0 fully saturated rings. The number of benzene rings is 3. The summed E-state index contributed by atoms with van der Waals surface area (Å²) in [6, 6.07) is -8.34. The number of para-hydroxylation sites is 1. The summed E-state index contributed by atoms with van der Waals surface area (Å²) in [6.45, 7) is 4.09. The van der Waals surface area contributed by atoms with Crippen molar-refractivity contribution in [2.24, 2.45) is 28.9 Å². The van der Waals surface area contributed by atoms with Crippen molar-refractivity contribution >= 4 is 159 Å². The maximum Gasteiger partial charge on any atom is 0.305 e. The van der Waals surface area contributed by atoms with Crippen molar-refractivity contribution in [2.45, 2.75) is 221 Å². The fourth-order valence-electron chi connectivity index (χ4n) is 14.7. The van der Waals surface area contributed by atoms with Gasteiger partial charge in [-0.2, -0.15) is 23.5 Å². The van der Waals surface area contributed by atoms with E-state index in [-0.39, 0.29) is 93.0 Å². The van der Waals surface area contributed by atoms with E-state index in [1.807, 2.05) is 0 Å². The third-order valence-corrected chi connectivity index (χ3v) is 23.8. The molecule has 0 saturated carbocycles. The Morgan fingerprint density at radius 3 is 1.20 bits per heavy atom. The number of nitrogens with two attached hydrogens (primary N) is 4. The third kappa shape index (κ3) is 41.5. The van der Waals surface area contributed by atoms with Crippen LogP contribution in [0.4, 0.5) is 0 Å². The zero-order valence-corrected chi connectivity index (χ0v) is 83.2. The molecule has 17 atom stereocenters. The third-order valence-electron chi connectivity index (χ3n) is 22.5. The fourth-order valence-corrected chi connectivity index (χ4v) is 15.7. The van der Waals surface area contributed by atoms with Gasteiger partial charge >= 0.3 is 5.97 Å². The Labute approximate surface area is 851 Å². The number of aromatic hydroxyl groups is 2. The Balaban J connectivity index is 1.24. The van der Waals surface area contributed by atoms with Gasteiger partial charge in [0.2, 0.25) is 106 Å². The molecule has 3 heterocycles. The average molecular weight is 2100 g/mol. The highest BCUT2D eigenvalue weighted by Crippen LogP contribution is 2.22. The summed E-state index contributed by atoms with van der Waals surface area (Å²) < 4.78 is 0. The van der Waals surface area contributed by atoms with E-state index in [0.717, 1.165) is 20.8 Å². The topological polar surface area (TPSA) is 887 Å². The number of aliphatic hydroxyl groups is 3. The number of thioether (sulfide) groups is 2. The predicted octanol–water partition coefficient (Wildman–Crippen LogP) is -8.78. The molecule has 802 valence electrons. The first-order valence-electron chi connectivity index (χ1n) is 46.4. The average Bonchev–Trinajstić information content (AvgIpc) is 1.71. The summed E-state index contributed by atoms with van der Waals surface area (Å²) >= 11 is 2.42. The number of carbonyl (C=O) groups is 19. The summed E-state index contributed by atoms with van der Waals surface area (Å²) in [4.78, 5) is 283. The number of aromatic amines is 3. The number of phenolic OH excluding ortho intramolecular Hbond substituents is 2. The Morgan fingerprint density at radius 2 is 0.769 bits per heavy atom. The molecule has 0 aliphatic heterocycles. The lowest BCUT2D eigenvalue weighted by atomic mass is 10.0. The molecule has 18 amide bonds. The molecule has 6 aromatic rings. The number of carbonyl (C=O) groups excluding carboxylic acids is 18. The van der Waals surface area contributed by atoms with E-state index in [1.165, 1.54) is 117 Å². The second-order valence-corrected chi connectivity index (χ2v) is 36.6. The van der Waals surface area contributed by atoms with E-state index in [9.17, 15) is 107 Å². The summed E-state index contributed by atoms with van der Waals surface area (Å²) in [5.41, 5.74) is 24.4. The van der Waals surface area contributed by atoms with Crippen LogP contribution < -0.4 is 119 Å². The lowest BCUT2D eigenvalue weighted by Gasteiger charge is -2.29. The monoisotopic (exact) mass is 2090 g/mol. The molecule has 0 radical (unpaired) electrons. The zero-order chi connectivity index (χ0) is 109. The highest BCUT2D eigenvalue weighted by Gasteiger charge is 2.41. The summed E-state index contributed by atoms with van der Waals surface area (Å²) in [5.74, 6) is -23.2. The number of hydrogen-bond acceptors (Lipinski definition) is 30. The molecular formula is C91H131N29O25S2. The number of carboxylic acid groups (broad SMARTS) is 1. The number of aliphatic carboxylic acids is 1. The van der Waals surface area contributed by atoms with Crippen LogP contribution in [0.15, 0.2) is 104 Å². The van der Waals surface area contributed by atoms with Crippen LogP contribution in [0.3, 0.4) is 0 Å². The van der Waals surface area contributed by atoms with Crippen molar-refractivity contribution in [2.75, 3.05) is 50.3 Å². The van der Waals surface area contributed by atoms with Crippen LogP contribution in [-0.2, 0) is 123 Å². The second-order valence-electron chi connectivity index (χ2n) is 34.6. The van der Waals surface area contributed by atoms with Gasteiger partial charge in [-0.05, 0) is 129 Å². The lowest BCUT2D eigenvalue weighted by molar-refractivity contribution is -0.141. The van der Waals surface area contributed by atoms with E-state index in [4.69, 9.17) is 33.8 Å². The van der Waals surface area contributed by atoms with Crippen LogP contribution in [0.2, 0.25) is 0 Å². The maximum atomic E-state index is 15.1. The molecule has 37 N–H and O–H groups in total. The smallest absolute Gasteiger partial charge is 0.305 e. The number of carboxylic acids is 1. The maximum absolute atomic E-state index is 15.1. The van der Waals surface area contributed by atoms with Crippen LogP contribution >= 0.6 is 23.5 Å². The normalized spacial score (nSPS) is 14.6. The van der Waals surface area contributed by atoms with E-state index in [2.05, 4.69) is 121 Å². The van der Waals surface area contributed by atoms with E-state index in [0.29, 0.717) is 33.4 Å². The number of aliphatic hydroxyl groups excluding tert-OH is 3. The van der Waals surface area contributed by atoms with Crippen molar-refractivity contribution in [3.63, 3.8) is 0 Å². The van der Waals surface area contributed by atoms with Crippen molar-refractivity contribution in [1.29, 1.82) is 10.8 Å². The quantitative estimate of drug-likeness (QED) is 0.00958. The molecule has 0 aliphatic carbocycles. The molecule has 56 heteroatoms. The molecule has 0 aliphatic rings. The number of nitrogens with zero attached hydrogens (tertiary/aromatic N) is 2. The summed E-state index contributed by atoms with van der Waals surface area (Å²) in [6.07, 6.45) is 1.89. The van der Waals surface area contributed by atoms with E-state index < -0.39 is 278 Å². The first-order valence-corrected chi connectivity index (χ1v) is 49.2. The van der Waals surface area contributed by atoms with Crippen LogP contribution in [0.1, 0.15) is 114 Å². The number of H-pyrrole nitrogens is 3. The number of aromatic nitrogens is 5.